The normalized spacial score (nSPS) is 21.8. The van der Waals surface area contributed by atoms with Gasteiger partial charge in [0.05, 0.1) is 19.3 Å². The van der Waals surface area contributed by atoms with Gasteiger partial charge < -0.3 is 14.4 Å². The lowest BCUT2D eigenvalue weighted by Gasteiger charge is -2.24. The first-order chi connectivity index (χ1) is 10.2. The number of halogens is 2. The van der Waals surface area contributed by atoms with Gasteiger partial charge in [-0.05, 0) is 43.6 Å². The molecule has 0 aliphatic carbocycles. The molecule has 1 amide bonds. The molecule has 2 rings (SSSR count). The molecule has 1 aliphatic rings. The van der Waals surface area contributed by atoms with Crippen LogP contribution in [-0.2, 0) is 4.74 Å². The molecule has 0 spiro atoms. The zero-order valence-electron chi connectivity index (χ0n) is 13.0. The van der Waals surface area contributed by atoms with E-state index in [-0.39, 0.29) is 19.0 Å². The minimum absolute atomic E-state index is 0.0530. The van der Waals surface area contributed by atoms with Crippen LogP contribution in [0, 0.1) is 6.92 Å². The Bertz CT molecular complexity index is 565. The van der Waals surface area contributed by atoms with Crippen LogP contribution in [0.5, 0.6) is 5.88 Å². The maximum atomic E-state index is 14.1. The molecular weight excluding hydrogens is 357 g/mol. The lowest BCUT2D eigenvalue weighted by atomic mass is 10.2. The van der Waals surface area contributed by atoms with Crippen LogP contribution in [0.25, 0.3) is 0 Å². The van der Waals surface area contributed by atoms with Crippen molar-refractivity contribution < 1.29 is 18.7 Å². The van der Waals surface area contributed by atoms with E-state index in [1.54, 1.807) is 27.7 Å². The van der Waals surface area contributed by atoms with E-state index in [0.717, 1.165) is 0 Å². The molecule has 1 aliphatic heterocycles. The van der Waals surface area contributed by atoms with Crippen LogP contribution in [0.4, 0.5) is 9.18 Å². The molecule has 0 bridgehead atoms. The molecule has 2 heterocycles. The van der Waals surface area contributed by atoms with E-state index in [1.165, 1.54) is 11.1 Å². The number of carbonyl (C=O) groups is 1. The standard InChI is InChI=1S/C14H19BrFN3O3/c1-8-12(17-5-11(15)18-8)21-10-7-19(6-9(10)16)13(20)22-14(2,3)4/h5,9-10H,6-7H2,1-4H3/t9?,10-/m1/s1. The summed E-state index contributed by atoms with van der Waals surface area (Å²) >= 11 is 3.20. The highest BCUT2D eigenvalue weighted by Crippen LogP contribution is 2.23. The molecule has 2 atom stereocenters. The largest absolute Gasteiger partial charge is 0.468 e. The van der Waals surface area contributed by atoms with Crippen LogP contribution in [0.2, 0.25) is 0 Å². The third-order valence-electron chi connectivity index (χ3n) is 2.99. The molecule has 22 heavy (non-hydrogen) atoms. The van der Waals surface area contributed by atoms with Gasteiger partial charge in [0.2, 0.25) is 5.88 Å². The van der Waals surface area contributed by atoms with E-state index >= 15 is 0 Å². The van der Waals surface area contributed by atoms with Gasteiger partial charge in [0, 0.05) is 0 Å². The Morgan fingerprint density at radius 3 is 2.73 bits per heavy atom. The Kier molecular flexibility index (Phi) is 4.89. The molecule has 0 saturated carbocycles. The fourth-order valence-corrected chi connectivity index (χ4v) is 2.39. The van der Waals surface area contributed by atoms with E-state index < -0.39 is 24.0 Å². The van der Waals surface area contributed by atoms with Gasteiger partial charge in [-0.1, -0.05) is 0 Å². The first-order valence-corrected chi connectivity index (χ1v) is 7.73. The average molecular weight is 376 g/mol. The minimum atomic E-state index is -1.29. The zero-order valence-corrected chi connectivity index (χ0v) is 14.6. The van der Waals surface area contributed by atoms with Crippen LogP contribution in [-0.4, -0.2) is 51.9 Å². The fourth-order valence-electron chi connectivity index (χ4n) is 2.02. The van der Waals surface area contributed by atoms with Gasteiger partial charge >= 0.3 is 6.09 Å². The number of hydrogen-bond acceptors (Lipinski definition) is 5. The maximum Gasteiger partial charge on any atom is 0.410 e. The van der Waals surface area contributed by atoms with Crippen molar-refractivity contribution >= 4 is 22.0 Å². The molecule has 1 aromatic rings. The molecule has 8 heteroatoms. The number of ether oxygens (including phenoxy) is 2. The number of carbonyl (C=O) groups excluding carboxylic acids is 1. The Labute approximate surface area is 137 Å². The van der Waals surface area contributed by atoms with Gasteiger partial charge in [0.15, 0.2) is 12.3 Å². The topological polar surface area (TPSA) is 64.6 Å². The SMILES string of the molecule is Cc1nc(Br)cnc1O[C@@H]1CN(C(=O)OC(C)(C)C)CC1F. The molecule has 0 aromatic carbocycles. The van der Waals surface area contributed by atoms with E-state index in [9.17, 15) is 9.18 Å². The number of aromatic nitrogens is 2. The van der Waals surface area contributed by atoms with E-state index in [2.05, 4.69) is 25.9 Å². The number of alkyl halides is 1. The van der Waals surface area contributed by atoms with Crippen molar-refractivity contribution in [2.24, 2.45) is 0 Å². The summed E-state index contributed by atoms with van der Waals surface area (Å²) in [6.45, 7) is 7.09. The predicted molar refractivity (Wildman–Crippen MR) is 81.6 cm³/mol. The number of hydrogen-bond donors (Lipinski definition) is 0. The summed E-state index contributed by atoms with van der Waals surface area (Å²) in [4.78, 5) is 21.5. The van der Waals surface area contributed by atoms with Crippen molar-refractivity contribution in [2.75, 3.05) is 13.1 Å². The maximum absolute atomic E-state index is 14.1. The molecule has 122 valence electrons. The quantitative estimate of drug-likeness (QED) is 0.794. The summed E-state index contributed by atoms with van der Waals surface area (Å²) < 4.78 is 25.5. The van der Waals surface area contributed by atoms with Gasteiger partial charge in [-0.15, -0.1) is 0 Å². The third-order valence-corrected chi connectivity index (χ3v) is 3.37. The van der Waals surface area contributed by atoms with Crippen LogP contribution in [0.15, 0.2) is 10.8 Å². The highest BCUT2D eigenvalue weighted by atomic mass is 79.9. The van der Waals surface area contributed by atoms with Gasteiger partial charge in [0.1, 0.15) is 15.9 Å². The van der Waals surface area contributed by atoms with Crippen molar-refractivity contribution in [3.8, 4) is 5.88 Å². The number of amides is 1. The van der Waals surface area contributed by atoms with Crippen LogP contribution < -0.4 is 4.74 Å². The lowest BCUT2D eigenvalue weighted by molar-refractivity contribution is 0.0273. The highest BCUT2D eigenvalue weighted by Gasteiger charge is 2.39. The smallest absolute Gasteiger partial charge is 0.410 e. The number of nitrogens with zero attached hydrogens (tertiary/aromatic N) is 3. The zero-order chi connectivity index (χ0) is 16.5. The van der Waals surface area contributed by atoms with Crippen LogP contribution in [0.3, 0.4) is 0 Å². The van der Waals surface area contributed by atoms with Crippen molar-refractivity contribution in [2.45, 2.75) is 45.6 Å². The molecule has 0 radical (unpaired) electrons. The lowest BCUT2D eigenvalue weighted by Crippen LogP contribution is -2.36. The monoisotopic (exact) mass is 375 g/mol. The predicted octanol–water partition coefficient (Wildman–Crippen LogP) is 2.88. The summed E-state index contributed by atoms with van der Waals surface area (Å²) in [5, 5.41) is 0. The van der Waals surface area contributed by atoms with Crippen molar-refractivity contribution in [3.63, 3.8) is 0 Å². The van der Waals surface area contributed by atoms with Crippen molar-refractivity contribution in [3.05, 3.63) is 16.5 Å². The van der Waals surface area contributed by atoms with Gasteiger partial charge in [-0.3, -0.25) is 0 Å². The Morgan fingerprint density at radius 2 is 2.14 bits per heavy atom. The van der Waals surface area contributed by atoms with Crippen LogP contribution >= 0.6 is 15.9 Å². The second kappa shape index (κ2) is 6.36. The van der Waals surface area contributed by atoms with E-state index in [4.69, 9.17) is 9.47 Å². The second-order valence-corrected chi connectivity index (χ2v) is 6.95. The molecule has 1 fully saturated rings. The number of rotatable bonds is 2. The van der Waals surface area contributed by atoms with E-state index in [0.29, 0.717) is 10.3 Å². The van der Waals surface area contributed by atoms with Gasteiger partial charge in [0.25, 0.3) is 0 Å². The molecule has 1 aromatic heterocycles. The van der Waals surface area contributed by atoms with E-state index in [1.807, 2.05) is 0 Å². The molecule has 6 nitrogen and oxygen atoms in total. The third kappa shape index (κ3) is 4.28. The minimum Gasteiger partial charge on any atom is -0.468 e. The molecule has 1 saturated heterocycles. The summed E-state index contributed by atoms with van der Waals surface area (Å²) in [6.07, 6.45) is -1.13. The number of likely N-dealkylation sites (tertiary alicyclic amines) is 1. The first kappa shape index (κ1) is 16.9. The summed E-state index contributed by atoms with van der Waals surface area (Å²) in [5.74, 6) is 0.266. The molecular formula is C14H19BrFN3O3. The highest BCUT2D eigenvalue weighted by molar-refractivity contribution is 9.10. The summed E-state index contributed by atoms with van der Waals surface area (Å²) in [7, 11) is 0. The second-order valence-electron chi connectivity index (χ2n) is 6.14. The van der Waals surface area contributed by atoms with Crippen molar-refractivity contribution in [1.82, 2.24) is 14.9 Å². The van der Waals surface area contributed by atoms with Gasteiger partial charge in [-0.25, -0.2) is 19.2 Å². The Balaban J connectivity index is 2.00. The summed E-state index contributed by atoms with van der Waals surface area (Å²) in [6, 6.07) is 0. The summed E-state index contributed by atoms with van der Waals surface area (Å²) in [5.41, 5.74) is -0.0624. The molecule has 0 N–H and O–H groups in total. The molecule has 1 unspecified atom stereocenters. The number of aryl methyl sites for hydroxylation is 1. The Hall–Kier alpha value is -1.44. The first-order valence-electron chi connectivity index (χ1n) is 6.93. The van der Waals surface area contributed by atoms with Gasteiger partial charge in [-0.2, -0.15) is 0 Å². The van der Waals surface area contributed by atoms with Crippen LogP contribution in [0.1, 0.15) is 26.5 Å². The average Bonchev–Trinajstić information content (AvgIpc) is 2.72. The Morgan fingerprint density at radius 1 is 1.45 bits per heavy atom. The fraction of sp³-hybridized carbons (Fsp3) is 0.643. The van der Waals surface area contributed by atoms with Crippen molar-refractivity contribution in [1.29, 1.82) is 0 Å².